The molecular formula is C22H26FN3O2. The number of halogens is 1. The van der Waals surface area contributed by atoms with Crippen LogP contribution in [-0.4, -0.2) is 21.4 Å². The van der Waals surface area contributed by atoms with Crippen LogP contribution in [0.1, 0.15) is 56.1 Å². The second-order valence-corrected chi connectivity index (χ2v) is 8.85. The van der Waals surface area contributed by atoms with Crippen molar-refractivity contribution in [1.82, 2.24) is 15.3 Å². The van der Waals surface area contributed by atoms with Crippen LogP contribution in [0.4, 0.5) is 4.39 Å². The third kappa shape index (κ3) is 4.74. The zero-order chi connectivity index (χ0) is 20.5. The third-order valence-corrected chi connectivity index (χ3v) is 4.47. The van der Waals surface area contributed by atoms with Crippen LogP contribution in [0, 0.1) is 18.2 Å². The highest BCUT2D eigenvalue weighted by Gasteiger charge is 2.34. The van der Waals surface area contributed by atoms with E-state index in [9.17, 15) is 9.18 Å². The molecule has 0 saturated carbocycles. The second kappa shape index (κ2) is 7.34. The molecule has 148 valence electrons. The Bertz CT molecular complexity index is 1010. The fraction of sp³-hybridized carbons (Fsp3) is 0.409. The molecule has 1 atom stereocenters. The van der Waals surface area contributed by atoms with Gasteiger partial charge in [0.05, 0.1) is 11.3 Å². The van der Waals surface area contributed by atoms with Gasteiger partial charge in [0.15, 0.2) is 5.89 Å². The molecule has 28 heavy (non-hydrogen) atoms. The maximum Gasteiger partial charge on any atom is 0.253 e. The minimum atomic E-state index is -0.566. The highest BCUT2D eigenvalue weighted by atomic mass is 19.1. The van der Waals surface area contributed by atoms with Gasteiger partial charge in [0, 0.05) is 23.5 Å². The van der Waals surface area contributed by atoms with E-state index in [-0.39, 0.29) is 16.8 Å². The molecule has 1 unspecified atom stereocenters. The van der Waals surface area contributed by atoms with Gasteiger partial charge in [-0.05, 0) is 37.8 Å². The zero-order valence-corrected chi connectivity index (χ0v) is 17.0. The molecule has 0 aliphatic heterocycles. The molecule has 1 amide bonds. The van der Waals surface area contributed by atoms with Crippen molar-refractivity contribution >= 4 is 16.8 Å². The number of oxazole rings is 1. The predicted octanol–water partition coefficient (Wildman–Crippen LogP) is 4.84. The van der Waals surface area contributed by atoms with Crippen molar-refractivity contribution in [2.75, 3.05) is 0 Å². The quantitative estimate of drug-likeness (QED) is 0.685. The van der Waals surface area contributed by atoms with Gasteiger partial charge in [-0.15, -0.1) is 0 Å². The SMILES string of the molecule is Cc1coc(CC(C)(CC(C)(C)C)NC(=O)c2cnc3c(F)cccc3c2)n1. The standard InChI is InChI=1S/C22H26FN3O2/c1-14-12-28-18(25-14)10-22(5,13-21(2,3)4)26-20(27)16-9-15-7-6-8-17(23)19(15)24-11-16/h6-9,11-12H,10,13H2,1-5H3,(H,26,27). The summed E-state index contributed by atoms with van der Waals surface area (Å²) in [6.07, 6.45) is 4.21. The van der Waals surface area contributed by atoms with Gasteiger partial charge in [-0.2, -0.15) is 0 Å². The number of hydrogen-bond donors (Lipinski definition) is 1. The molecular weight excluding hydrogens is 357 g/mol. The van der Waals surface area contributed by atoms with Crippen molar-refractivity contribution in [3.8, 4) is 0 Å². The monoisotopic (exact) mass is 383 g/mol. The Morgan fingerprint density at radius 2 is 2.00 bits per heavy atom. The van der Waals surface area contributed by atoms with Crippen molar-refractivity contribution in [2.45, 2.75) is 53.0 Å². The molecule has 0 aliphatic rings. The molecule has 0 fully saturated rings. The lowest BCUT2D eigenvalue weighted by Crippen LogP contribution is -2.50. The van der Waals surface area contributed by atoms with Crippen LogP contribution >= 0.6 is 0 Å². The first-order valence-corrected chi connectivity index (χ1v) is 9.32. The van der Waals surface area contributed by atoms with Gasteiger partial charge in [-0.25, -0.2) is 9.37 Å². The van der Waals surface area contributed by atoms with E-state index in [1.54, 1.807) is 24.5 Å². The van der Waals surface area contributed by atoms with Gasteiger partial charge in [-0.3, -0.25) is 9.78 Å². The number of fused-ring (bicyclic) bond motifs is 1. The molecule has 5 nitrogen and oxygen atoms in total. The lowest BCUT2D eigenvalue weighted by atomic mass is 9.78. The Balaban J connectivity index is 1.88. The number of nitrogens with zero attached hydrogens (tertiary/aromatic N) is 2. The normalized spacial score (nSPS) is 14.1. The number of nitrogens with one attached hydrogen (secondary N) is 1. The van der Waals surface area contributed by atoms with Gasteiger partial charge in [0.25, 0.3) is 5.91 Å². The Hall–Kier alpha value is -2.76. The minimum absolute atomic E-state index is 0.0194. The number of rotatable bonds is 5. The van der Waals surface area contributed by atoms with E-state index in [4.69, 9.17) is 4.42 Å². The van der Waals surface area contributed by atoms with Gasteiger partial charge >= 0.3 is 0 Å². The molecule has 6 heteroatoms. The van der Waals surface area contributed by atoms with E-state index < -0.39 is 11.4 Å². The Morgan fingerprint density at radius 3 is 2.64 bits per heavy atom. The molecule has 0 aliphatic carbocycles. The van der Waals surface area contributed by atoms with Crippen LogP contribution in [-0.2, 0) is 6.42 Å². The fourth-order valence-corrected chi connectivity index (χ4v) is 3.73. The predicted molar refractivity (Wildman–Crippen MR) is 107 cm³/mol. The summed E-state index contributed by atoms with van der Waals surface area (Å²) in [4.78, 5) is 21.5. The molecule has 2 heterocycles. The number of amides is 1. The lowest BCUT2D eigenvalue weighted by Gasteiger charge is -2.36. The van der Waals surface area contributed by atoms with Crippen LogP contribution in [0.2, 0.25) is 0 Å². The van der Waals surface area contributed by atoms with E-state index in [0.717, 1.165) is 12.1 Å². The number of para-hydroxylation sites is 1. The molecule has 0 radical (unpaired) electrons. The first-order valence-electron chi connectivity index (χ1n) is 9.32. The molecule has 0 bridgehead atoms. The topological polar surface area (TPSA) is 68.0 Å². The van der Waals surface area contributed by atoms with E-state index in [0.29, 0.717) is 23.3 Å². The second-order valence-electron chi connectivity index (χ2n) is 8.85. The Kier molecular flexibility index (Phi) is 5.24. The number of benzene rings is 1. The summed E-state index contributed by atoms with van der Waals surface area (Å²) in [6, 6.07) is 6.36. The molecule has 1 aromatic carbocycles. The molecule has 2 aromatic heterocycles. The van der Waals surface area contributed by atoms with Crippen molar-refractivity contribution in [3.05, 3.63) is 59.7 Å². The number of pyridine rings is 1. The summed E-state index contributed by atoms with van der Waals surface area (Å²) < 4.78 is 19.4. The first kappa shape index (κ1) is 20.0. The molecule has 3 rings (SSSR count). The maximum atomic E-state index is 13.8. The summed E-state index contributed by atoms with van der Waals surface area (Å²) in [5.41, 5.74) is 0.867. The zero-order valence-electron chi connectivity index (χ0n) is 17.0. The van der Waals surface area contributed by atoms with E-state index in [2.05, 4.69) is 36.1 Å². The number of carbonyl (C=O) groups is 1. The van der Waals surface area contributed by atoms with Gasteiger partial charge in [-0.1, -0.05) is 32.9 Å². The van der Waals surface area contributed by atoms with Gasteiger partial charge < -0.3 is 9.73 Å². The summed E-state index contributed by atoms with van der Waals surface area (Å²) in [7, 11) is 0. The van der Waals surface area contributed by atoms with Crippen LogP contribution in [0.15, 0.2) is 41.1 Å². The maximum absolute atomic E-state index is 13.8. The Labute approximate surface area is 164 Å². The number of hydrogen-bond acceptors (Lipinski definition) is 4. The molecule has 0 saturated heterocycles. The highest BCUT2D eigenvalue weighted by Crippen LogP contribution is 2.30. The summed E-state index contributed by atoms with van der Waals surface area (Å²) in [5, 5.41) is 3.72. The number of carbonyl (C=O) groups excluding carboxylic acids is 1. The molecule has 0 spiro atoms. The van der Waals surface area contributed by atoms with E-state index in [1.165, 1.54) is 12.3 Å². The molecule has 3 aromatic rings. The van der Waals surface area contributed by atoms with Gasteiger partial charge in [0.2, 0.25) is 0 Å². The smallest absolute Gasteiger partial charge is 0.253 e. The van der Waals surface area contributed by atoms with Crippen molar-refractivity contribution in [1.29, 1.82) is 0 Å². The summed E-state index contributed by atoms with van der Waals surface area (Å²) in [5.74, 6) is -0.0711. The molecule has 1 N–H and O–H groups in total. The first-order chi connectivity index (χ1) is 13.0. The van der Waals surface area contributed by atoms with Crippen molar-refractivity contribution < 1.29 is 13.6 Å². The number of aryl methyl sites for hydroxylation is 1. The highest BCUT2D eigenvalue weighted by molar-refractivity contribution is 5.97. The average molecular weight is 383 g/mol. The largest absolute Gasteiger partial charge is 0.449 e. The number of aromatic nitrogens is 2. The summed E-state index contributed by atoms with van der Waals surface area (Å²) in [6.45, 7) is 10.2. The Morgan fingerprint density at radius 1 is 1.25 bits per heavy atom. The van der Waals surface area contributed by atoms with Gasteiger partial charge in [0.1, 0.15) is 17.6 Å². The van der Waals surface area contributed by atoms with E-state index >= 15 is 0 Å². The van der Waals surface area contributed by atoms with Crippen LogP contribution in [0.5, 0.6) is 0 Å². The van der Waals surface area contributed by atoms with Crippen LogP contribution < -0.4 is 5.32 Å². The van der Waals surface area contributed by atoms with E-state index in [1.807, 2.05) is 13.8 Å². The van der Waals surface area contributed by atoms with Crippen LogP contribution in [0.3, 0.4) is 0 Å². The van der Waals surface area contributed by atoms with Crippen LogP contribution in [0.25, 0.3) is 10.9 Å². The fourth-order valence-electron chi connectivity index (χ4n) is 3.73. The van der Waals surface area contributed by atoms with Crippen molar-refractivity contribution in [3.63, 3.8) is 0 Å². The minimum Gasteiger partial charge on any atom is -0.449 e. The van der Waals surface area contributed by atoms with Crippen molar-refractivity contribution in [2.24, 2.45) is 5.41 Å². The lowest BCUT2D eigenvalue weighted by molar-refractivity contribution is 0.0874. The third-order valence-electron chi connectivity index (χ3n) is 4.47. The summed E-state index contributed by atoms with van der Waals surface area (Å²) >= 11 is 0. The average Bonchev–Trinajstić information content (AvgIpc) is 2.97.